The van der Waals surface area contributed by atoms with E-state index in [1.807, 2.05) is 0 Å². The lowest BCUT2D eigenvalue weighted by molar-refractivity contribution is -0.119. The molecule has 0 radical (unpaired) electrons. The van der Waals surface area contributed by atoms with Crippen LogP contribution in [0, 0.1) is 0 Å². The highest BCUT2D eigenvalue weighted by Crippen LogP contribution is 2.25. The third-order valence-electron chi connectivity index (χ3n) is 5.14. The van der Waals surface area contributed by atoms with Gasteiger partial charge in [0.1, 0.15) is 0 Å². The Morgan fingerprint density at radius 1 is 1.00 bits per heavy atom. The molecule has 1 aliphatic carbocycles. The molecule has 1 fully saturated rings. The van der Waals surface area contributed by atoms with Gasteiger partial charge in [0.25, 0.3) is 15.2 Å². The van der Waals surface area contributed by atoms with Gasteiger partial charge in [0.05, 0.1) is 10.6 Å². The average Bonchev–Trinajstić information content (AvgIpc) is 3.28. The smallest absolute Gasteiger partial charge is 0.277 e. The molecule has 1 saturated carbocycles. The third kappa shape index (κ3) is 5.89. The molecule has 1 aliphatic rings. The molecule has 0 aliphatic heterocycles. The van der Waals surface area contributed by atoms with Gasteiger partial charge >= 0.3 is 0 Å². The molecule has 2 N–H and O–H groups in total. The molecule has 10 heteroatoms. The van der Waals surface area contributed by atoms with Gasteiger partial charge in [-0.2, -0.15) is 0 Å². The van der Waals surface area contributed by atoms with E-state index in [0.29, 0.717) is 22.4 Å². The first kappa shape index (κ1) is 22.3. The molecule has 0 atom stereocenters. The van der Waals surface area contributed by atoms with Crippen molar-refractivity contribution in [1.82, 2.24) is 15.5 Å². The van der Waals surface area contributed by atoms with Crippen LogP contribution in [0.25, 0.3) is 11.5 Å². The van der Waals surface area contributed by atoms with E-state index in [2.05, 4.69) is 20.2 Å². The highest BCUT2D eigenvalue weighted by molar-refractivity contribution is 7.99. The third-order valence-corrected chi connectivity index (χ3v) is 7.36. The summed E-state index contributed by atoms with van der Waals surface area (Å²) in [6, 6.07) is 15.1. The maximum Gasteiger partial charge on any atom is 0.277 e. The molecule has 32 heavy (non-hydrogen) atoms. The predicted molar refractivity (Wildman–Crippen MR) is 123 cm³/mol. The first-order valence-electron chi connectivity index (χ1n) is 10.4. The van der Waals surface area contributed by atoms with Crippen LogP contribution in [0.2, 0.25) is 0 Å². The zero-order chi connectivity index (χ0) is 22.4. The minimum atomic E-state index is -3.66. The summed E-state index contributed by atoms with van der Waals surface area (Å²) >= 11 is 1.20. The number of amides is 1. The van der Waals surface area contributed by atoms with E-state index < -0.39 is 10.0 Å². The molecule has 0 bridgehead atoms. The Bertz CT molecular complexity index is 1140. The molecule has 0 spiro atoms. The van der Waals surface area contributed by atoms with E-state index >= 15 is 0 Å². The Morgan fingerprint density at radius 3 is 2.44 bits per heavy atom. The summed E-state index contributed by atoms with van der Waals surface area (Å²) in [5.74, 6) is 0.493. The number of hydrogen-bond acceptors (Lipinski definition) is 7. The molecular formula is C22H24N4O4S2. The van der Waals surface area contributed by atoms with E-state index in [1.54, 1.807) is 42.5 Å². The second-order valence-corrected chi connectivity index (χ2v) is 10.2. The lowest BCUT2D eigenvalue weighted by Gasteiger charge is -2.22. The molecule has 4 rings (SSSR count). The maximum atomic E-state index is 12.4. The fourth-order valence-electron chi connectivity index (χ4n) is 3.52. The Labute approximate surface area is 191 Å². The molecule has 0 saturated heterocycles. The van der Waals surface area contributed by atoms with Gasteiger partial charge in [-0.3, -0.25) is 9.52 Å². The summed E-state index contributed by atoms with van der Waals surface area (Å²) in [6.07, 6.45) is 5.65. The number of carbonyl (C=O) groups is 1. The number of carbonyl (C=O) groups excluding carboxylic acids is 1. The molecule has 168 valence electrons. The first-order chi connectivity index (χ1) is 15.5. The van der Waals surface area contributed by atoms with Crippen LogP contribution < -0.4 is 10.0 Å². The summed E-state index contributed by atoms with van der Waals surface area (Å²) in [6.45, 7) is 0. The summed E-state index contributed by atoms with van der Waals surface area (Å²) < 4.78 is 33.0. The van der Waals surface area contributed by atoms with E-state index in [1.165, 1.54) is 30.3 Å². The number of aromatic nitrogens is 2. The summed E-state index contributed by atoms with van der Waals surface area (Å²) in [4.78, 5) is 12.3. The van der Waals surface area contributed by atoms with Crippen molar-refractivity contribution < 1.29 is 17.6 Å². The van der Waals surface area contributed by atoms with Crippen molar-refractivity contribution in [1.29, 1.82) is 0 Å². The van der Waals surface area contributed by atoms with Gasteiger partial charge < -0.3 is 9.73 Å². The van der Waals surface area contributed by atoms with Crippen molar-refractivity contribution in [2.75, 3.05) is 10.5 Å². The fourth-order valence-corrected chi connectivity index (χ4v) is 5.18. The Kier molecular flexibility index (Phi) is 7.11. The number of thioether (sulfide) groups is 1. The van der Waals surface area contributed by atoms with Crippen LogP contribution in [-0.4, -0.2) is 36.3 Å². The van der Waals surface area contributed by atoms with Crippen LogP contribution in [0.5, 0.6) is 0 Å². The normalized spacial score (nSPS) is 14.8. The van der Waals surface area contributed by atoms with Gasteiger partial charge in [-0.25, -0.2) is 8.42 Å². The Morgan fingerprint density at radius 2 is 1.72 bits per heavy atom. The monoisotopic (exact) mass is 472 g/mol. The largest absolute Gasteiger partial charge is 0.411 e. The molecule has 1 heterocycles. The van der Waals surface area contributed by atoms with Crippen LogP contribution >= 0.6 is 11.8 Å². The van der Waals surface area contributed by atoms with Crippen molar-refractivity contribution in [2.45, 2.75) is 48.3 Å². The predicted octanol–water partition coefficient (Wildman–Crippen LogP) is 4.08. The SMILES string of the molecule is O=C(CSc1nnc(-c2ccc(NS(=O)(=O)c3ccccc3)cc2)o1)NC1CCCCC1. The van der Waals surface area contributed by atoms with E-state index in [0.717, 1.165) is 25.7 Å². The lowest BCUT2D eigenvalue weighted by Crippen LogP contribution is -2.37. The standard InChI is InChI=1S/C22H24N4O4S2/c27-20(23-17-7-3-1-4-8-17)15-31-22-25-24-21(30-22)16-11-13-18(14-12-16)26-32(28,29)19-9-5-2-6-10-19/h2,5-6,9-14,17,26H,1,3-4,7-8,15H2,(H,23,27). The number of rotatable bonds is 8. The number of hydrogen-bond donors (Lipinski definition) is 2. The van der Waals surface area contributed by atoms with Gasteiger partial charge in [-0.05, 0) is 49.2 Å². The zero-order valence-corrected chi connectivity index (χ0v) is 19.0. The van der Waals surface area contributed by atoms with Crippen molar-refractivity contribution in [3.05, 3.63) is 54.6 Å². The van der Waals surface area contributed by atoms with Crippen LogP contribution in [-0.2, 0) is 14.8 Å². The lowest BCUT2D eigenvalue weighted by atomic mass is 9.95. The van der Waals surface area contributed by atoms with E-state index in [9.17, 15) is 13.2 Å². The highest BCUT2D eigenvalue weighted by Gasteiger charge is 2.17. The second-order valence-electron chi connectivity index (χ2n) is 7.56. The van der Waals surface area contributed by atoms with E-state index in [-0.39, 0.29) is 22.6 Å². The first-order valence-corrected chi connectivity index (χ1v) is 12.9. The summed E-state index contributed by atoms with van der Waals surface area (Å²) in [5.41, 5.74) is 1.07. The van der Waals surface area contributed by atoms with Crippen LogP contribution in [0.3, 0.4) is 0 Å². The summed E-state index contributed by atoms with van der Waals surface area (Å²) in [7, 11) is -3.66. The Hall–Kier alpha value is -2.85. The van der Waals surface area contributed by atoms with Gasteiger partial charge in [0, 0.05) is 17.3 Å². The number of benzene rings is 2. The highest BCUT2D eigenvalue weighted by atomic mass is 32.2. The van der Waals surface area contributed by atoms with E-state index in [4.69, 9.17) is 4.42 Å². The van der Waals surface area contributed by atoms with Crippen LogP contribution in [0.1, 0.15) is 32.1 Å². The number of sulfonamides is 1. The van der Waals surface area contributed by atoms with Crippen LogP contribution in [0.4, 0.5) is 5.69 Å². The summed E-state index contributed by atoms with van der Waals surface area (Å²) in [5, 5.41) is 11.4. The number of anilines is 1. The molecule has 2 aromatic carbocycles. The molecule has 8 nitrogen and oxygen atoms in total. The number of nitrogens with one attached hydrogen (secondary N) is 2. The van der Waals surface area contributed by atoms with Gasteiger partial charge in [-0.15, -0.1) is 10.2 Å². The zero-order valence-electron chi connectivity index (χ0n) is 17.4. The Balaban J connectivity index is 1.32. The van der Waals surface area contributed by atoms with Gasteiger partial charge in [0.15, 0.2) is 0 Å². The molecule has 0 unspecified atom stereocenters. The fraction of sp³-hybridized carbons (Fsp3) is 0.318. The minimum Gasteiger partial charge on any atom is -0.411 e. The molecule has 3 aromatic rings. The molecule has 1 aromatic heterocycles. The van der Waals surface area contributed by atoms with Crippen molar-refractivity contribution in [3.8, 4) is 11.5 Å². The topological polar surface area (TPSA) is 114 Å². The van der Waals surface area contributed by atoms with Gasteiger partial charge in [-0.1, -0.05) is 49.2 Å². The molecular weight excluding hydrogens is 448 g/mol. The number of nitrogens with zero attached hydrogens (tertiary/aromatic N) is 2. The second kappa shape index (κ2) is 10.2. The molecule has 1 amide bonds. The van der Waals surface area contributed by atoms with Crippen LogP contribution in [0.15, 0.2) is 69.1 Å². The minimum absolute atomic E-state index is 0.0308. The quantitative estimate of drug-likeness (QED) is 0.475. The average molecular weight is 473 g/mol. The van der Waals surface area contributed by atoms with Crippen molar-refractivity contribution in [3.63, 3.8) is 0 Å². The maximum absolute atomic E-state index is 12.4. The van der Waals surface area contributed by atoms with Crippen molar-refractivity contribution in [2.24, 2.45) is 0 Å². The van der Waals surface area contributed by atoms with Gasteiger partial charge in [0.2, 0.25) is 11.8 Å². The van der Waals surface area contributed by atoms with Crippen molar-refractivity contribution >= 4 is 33.4 Å².